The van der Waals surface area contributed by atoms with Crippen molar-refractivity contribution in [3.05, 3.63) is 29.8 Å². The fraction of sp³-hybridized carbons (Fsp3) is 0.429. The average molecular weight is 294 g/mol. The highest BCUT2D eigenvalue weighted by atomic mass is 32.1. The molecule has 1 aromatic rings. The van der Waals surface area contributed by atoms with Gasteiger partial charge < -0.3 is 19.7 Å². The number of nitrogens with zero attached hydrogens (tertiary/aromatic N) is 1. The Morgan fingerprint density at radius 1 is 1.45 bits per heavy atom. The van der Waals surface area contributed by atoms with Crippen molar-refractivity contribution in [1.29, 1.82) is 0 Å². The van der Waals surface area contributed by atoms with Gasteiger partial charge in [0.2, 0.25) is 0 Å². The van der Waals surface area contributed by atoms with Gasteiger partial charge in [0.05, 0.1) is 13.2 Å². The lowest BCUT2D eigenvalue weighted by Crippen LogP contribution is -2.48. The number of nitrogens with one attached hydrogen (secondary N) is 1. The Balaban J connectivity index is 1.76. The molecule has 6 heteroatoms. The molecule has 1 saturated heterocycles. The van der Waals surface area contributed by atoms with Crippen LogP contribution >= 0.6 is 12.2 Å². The van der Waals surface area contributed by atoms with Crippen molar-refractivity contribution in [2.45, 2.75) is 6.92 Å². The summed E-state index contributed by atoms with van der Waals surface area (Å²) in [5.74, 6) is 0.431. The topological polar surface area (TPSA) is 50.8 Å². The lowest BCUT2D eigenvalue weighted by atomic mass is 10.2. The van der Waals surface area contributed by atoms with E-state index in [0.717, 1.165) is 5.56 Å². The molecule has 1 aromatic carbocycles. The van der Waals surface area contributed by atoms with E-state index in [-0.39, 0.29) is 12.5 Å². The molecule has 2 rings (SSSR count). The number of carbonyl (C=O) groups excluding carboxylic acids is 1. The van der Waals surface area contributed by atoms with Crippen LogP contribution in [0.4, 0.5) is 0 Å². The quantitative estimate of drug-likeness (QED) is 0.846. The summed E-state index contributed by atoms with van der Waals surface area (Å²) < 4.78 is 10.7. The number of thiocarbonyl (C=S) groups is 1. The molecule has 20 heavy (non-hydrogen) atoms. The van der Waals surface area contributed by atoms with Crippen molar-refractivity contribution in [3.63, 3.8) is 0 Å². The third-order valence-corrected chi connectivity index (χ3v) is 3.26. The molecule has 1 N–H and O–H groups in total. The number of aryl methyl sites for hydroxylation is 1. The SMILES string of the molecule is Cc1cccc(OCC(=O)NC(=S)N2CCOCC2)c1. The molecule has 0 bridgehead atoms. The molecule has 1 aliphatic rings. The summed E-state index contributed by atoms with van der Waals surface area (Å²) in [6, 6.07) is 7.57. The van der Waals surface area contributed by atoms with Gasteiger partial charge in [-0.1, -0.05) is 12.1 Å². The second kappa shape index (κ2) is 7.21. The van der Waals surface area contributed by atoms with E-state index in [9.17, 15) is 4.79 Å². The molecule has 1 amide bonds. The molecule has 0 spiro atoms. The third kappa shape index (κ3) is 4.47. The molecule has 5 nitrogen and oxygen atoms in total. The molecule has 1 heterocycles. The van der Waals surface area contributed by atoms with Gasteiger partial charge in [-0.15, -0.1) is 0 Å². The van der Waals surface area contributed by atoms with Gasteiger partial charge in [-0.2, -0.15) is 0 Å². The fourth-order valence-corrected chi connectivity index (χ4v) is 2.15. The number of hydrogen-bond donors (Lipinski definition) is 1. The maximum absolute atomic E-state index is 11.8. The highest BCUT2D eigenvalue weighted by Gasteiger charge is 2.15. The summed E-state index contributed by atoms with van der Waals surface area (Å²) in [6.45, 7) is 4.61. The molecule has 0 saturated carbocycles. The van der Waals surface area contributed by atoms with E-state index >= 15 is 0 Å². The van der Waals surface area contributed by atoms with E-state index in [2.05, 4.69) is 5.32 Å². The molecule has 0 unspecified atom stereocenters. The summed E-state index contributed by atoms with van der Waals surface area (Å²) in [4.78, 5) is 13.7. The summed E-state index contributed by atoms with van der Waals surface area (Å²) in [5.41, 5.74) is 1.09. The van der Waals surface area contributed by atoms with Crippen LogP contribution < -0.4 is 10.1 Å². The first-order valence-electron chi connectivity index (χ1n) is 6.51. The van der Waals surface area contributed by atoms with Crippen LogP contribution in [0.3, 0.4) is 0 Å². The van der Waals surface area contributed by atoms with Gasteiger partial charge in [-0.25, -0.2) is 0 Å². The maximum atomic E-state index is 11.8. The van der Waals surface area contributed by atoms with E-state index in [1.165, 1.54) is 0 Å². The summed E-state index contributed by atoms with van der Waals surface area (Å²) in [6.07, 6.45) is 0. The van der Waals surface area contributed by atoms with Gasteiger partial charge in [0.15, 0.2) is 11.7 Å². The molecule has 1 aliphatic heterocycles. The number of ether oxygens (including phenoxy) is 2. The average Bonchev–Trinajstić information content (AvgIpc) is 2.46. The number of carbonyl (C=O) groups is 1. The Labute approximate surface area is 123 Å². The zero-order valence-electron chi connectivity index (χ0n) is 11.4. The molecular weight excluding hydrogens is 276 g/mol. The first-order valence-corrected chi connectivity index (χ1v) is 6.92. The summed E-state index contributed by atoms with van der Waals surface area (Å²) in [7, 11) is 0. The Hall–Kier alpha value is -1.66. The lowest BCUT2D eigenvalue weighted by Gasteiger charge is -2.28. The normalized spacial score (nSPS) is 14.8. The van der Waals surface area contributed by atoms with Crippen LogP contribution in [0.1, 0.15) is 5.56 Å². The van der Waals surface area contributed by atoms with Crippen LogP contribution in [0.2, 0.25) is 0 Å². The lowest BCUT2D eigenvalue weighted by molar-refractivity contribution is -0.121. The minimum absolute atomic E-state index is 0.0477. The Kier molecular flexibility index (Phi) is 5.31. The van der Waals surface area contributed by atoms with E-state index in [4.69, 9.17) is 21.7 Å². The molecule has 0 aliphatic carbocycles. The summed E-state index contributed by atoms with van der Waals surface area (Å²) >= 11 is 5.18. The second-order valence-corrected chi connectivity index (χ2v) is 4.94. The fourth-order valence-electron chi connectivity index (χ4n) is 1.85. The zero-order chi connectivity index (χ0) is 14.4. The minimum Gasteiger partial charge on any atom is -0.484 e. The van der Waals surface area contributed by atoms with Gasteiger partial charge >= 0.3 is 0 Å². The molecule has 108 valence electrons. The zero-order valence-corrected chi connectivity index (χ0v) is 12.2. The van der Waals surface area contributed by atoms with Crippen molar-refractivity contribution >= 4 is 23.2 Å². The molecule has 0 radical (unpaired) electrons. The monoisotopic (exact) mass is 294 g/mol. The largest absolute Gasteiger partial charge is 0.484 e. The maximum Gasteiger partial charge on any atom is 0.264 e. The number of amides is 1. The van der Waals surface area contributed by atoms with Gasteiger partial charge in [0, 0.05) is 13.1 Å². The number of rotatable bonds is 3. The van der Waals surface area contributed by atoms with Crippen molar-refractivity contribution < 1.29 is 14.3 Å². The van der Waals surface area contributed by atoms with Gasteiger partial charge in [0.25, 0.3) is 5.91 Å². The Morgan fingerprint density at radius 2 is 2.20 bits per heavy atom. The summed E-state index contributed by atoms with van der Waals surface area (Å²) in [5, 5.41) is 3.11. The molecular formula is C14H18N2O3S. The Bertz CT molecular complexity index is 487. The standard InChI is InChI=1S/C14H18N2O3S/c1-11-3-2-4-12(9-11)19-10-13(17)15-14(20)16-5-7-18-8-6-16/h2-4,9H,5-8,10H2,1H3,(H,15,17,20). The highest BCUT2D eigenvalue weighted by molar-refractivity contribution is 7.80. The molecule has 0 atom stereocenters. The van der Waals surface area contributed by atoms with Gasteiger partial charge in [-0.05, 0) is 36.8 Å². The van der Waals surface area contributed by atoms with Crippen LogP contribution in [0.15, 0.2) is 24.3 Å². The van der Waals surface area contributed by atoms with E-state index in [1.54, 1.807) is 0 Å². The van der Waals surface area contributed by atoms with E-state index < -0.39 is 0 Å². The first-order chi connectivity index (χ1) is 9.65. The van der Waals surface area contributed by atoms with Crippen molar-refractivity contribution in [2.75, 3.05) is 32.9 Å². The van der Waals surface area contributed by atoms with Crippen LogP contribution in [0, 0.1) is 6.92 Å². The first kappa shape index (κ1) is 14.7. The number of morpholine rings is 1. The minimum atomic E-state index is -0.247. The van der Waals surface area contributed by atoms with Crippen LogP contribution in [-0.2, 0) is 9.53 Å². The predicted octanol–water partition coefficient (Wildman–Crippen LogP) is 1.11. The smallest absolute Gasteiger partial charge is 0.264 e. The third-order valence-electron chi connectivity index (χ3n) is 2.90. The van der Waals surface area contributed by atoms with Crippen molar-refractivity contribution in [2.24, 2.45) is 0 Å². The van der Waals surface area contributed by atoms with Gasteiger partial charge in [-0.3, -0.25) is 4.79 Å². The Morgan fingerprint density at radius 3 is 2.90 bits per heavy atom. The number of hydrogen-bond acceptors (Lipinski definition) is 4. The second-order valence-electron chi connectivity index (χ2n) is 4.56. The van der Waals surface area contributed by atoms with Crippen LogP contribution in [0.25, 0.3) is 0 Å². The van der Waals surface area contributed by atoms with E-state index in [0.29, 0.717) is 37.2 Å². The van der Waals surface area contributed by atoms with Crippen LogP contribution in [-0.4, -0.2) is 48.8 Å². The van der Waals surface area contributed by atoms with Crippen LogP contribution in [0.5, 0.6) is 5.75 Å². The van der Waals surface area contributed by atoms with Crippen molar-refractivity contribution in [1.82, 2.24) is 10.2 Å². The molecule has 0 aromatic heterocycles. The van der Waals surface area contributed by atoms with Gasteiger partial charge in [0.1, 0.15) is 5.75 Å². The highest BCUT2D eigenvalue weighted by Crippen LogP contribution is 2.11. The van der Waals surface area contributed by atoms with E-state index in [1.807, 2.05) is 36.1 Å². The van der Waals surface area contributed by atoms with Crippen molar-refractivity contribution in [3.8, 4) is 5.75 Å². The molecule has 1 fully saturated rings. The number of benzene rings is 1. The predicted molar refractivity (Wildman–Crippen MR) is 79.8 cm³/mol.